The predicted molar refractivity (Wildman–Crippen MR) is 111 cm³/mol. The third-order valence-electron chi connectivity index (χ3n) is 6.19. The van der Waals surface area contributed by atoms with E-state index in [0.717, 1.165) is 5.92 Å². The summed E-state index contributed by atoms with van der Waals surface area (Å²) < 4.78 is 0. The second kappa shape index (κ2) is 17.8. The molecule has 0 atom stereocenters. The molecule has 0 aromatic heterocycles. The van der Waals surface area contributed by atoms with Gasteiger partial charge in [0.25, 0.3) is 0 Å². The lowest BCUT2D eigenvalue weighted by atomic mass is 9.88. The van der Waals surface area contributed by atoms with E-state index in [2.05, 4.69) is 6.92 Å². The summed E-state index contributed by atoms with van der Waals surface area (Å²) in [5.74, 6) is 1.08. The number of hydrogen-bond acceptors (Lipinski definition) is 0. The Hall–Kier alpha value is 0. The Balaban J connectivity index is 1.84. The number of rotatable bonds is 13. The zero-order valence-corrected chi connectivity index (χ0v) is 17.1. The van der Waals surface area contributed by atoms with E-state index in [-0.39, 0.29) is 0 Å². The van der Waals surface area contributed by atoms with Crippen molar-refractivity contribution in [1.82, 2.24) is 0 Å². The highest BCUT2D eigenvalue weighted by Gasteiger charge is 2.09. The highest BCUT2D eigenvalue weighted by atomic mass is 14.2. The Kier molecular flexibility index (Phi) is 16.4. The van der Waals surface area contributed by atoms with Crippen molar-refractivity contribution >= 4 is 0 Å². The molecule has 0 bridgehead atoms. The van der Waals surface area contributed by atoms with Gasteiger partial charge in [-0.1, -0.05) is 148 Å². The van der Waals surface area contributed by atoms with Crippen LogP contribution in [0.1, 0.15) is 148 Å². The molecule has 0 unspecified atom stereocenters. The minimum Gasteiger partial charge on any atom is -0.0654 e. The summed E-state index contributed by atoms with van der Waals surface area (Å²) in [6.07, 6.45) is 33.0. The van der Waals surface area contributed by atoms with Crippen LogP contribution in [0.25, 0.3) is 0 Å². The van der Waals surface area contributed by atoms with Gasteiger partial charge in [-0.2, -0.15) is 0 Å². The van der Waals surface area contributed by atoms with E-state index in [0.29, 0.717) is 0 Å². The Labute approximate surface area is 154 Å². The molecular weight excluding hydrogens is 288 g/mol. The summed E-state index contributed by atoms with van der Waals surface area (Å²) in [6, 6.07) is 0. The second-order valence-corrected chi connectivity index (χ2v) is 8.60. The van der Waals surface area contributed by atoms with Crippen LogP contribution in [0.3, 0.4) is 0 Å². The molecule has 0 heterocycles. The fourth-order valence-electron chi connectivity index (χ4n) is 4.46. The van der Waals surface area contributed by atoms with Crippen LogP contribution in [-0.2, 0) is 0 Å². The predicted octanol–water partition coefficient (Wildman–Crippen LogP) is 9.22. The molecule has 0 heteroatoms. The van der Waals surface area contributed by atoms with E-state index in [9.17, 15) is 0 Å². The first-order valence-electron chi connectivity index (χ1n) is 11.9. The topological polar surface area (TPSA) is 0 Å². The van der Waals surface area contributed by atoms with Crippen LogP contribution in [-0.4, -0.2) is 0 Å². The van der Waals surface area contributed by atoms with Crippen LogP contribution in [0.4, 0.5) is 0 Å². The van der Waals surface area contributed by atoms with E-state index in [1.54, 1.807) is 0 Å². The Morgan fingerprint density at radius 3 is 1.29 bits per heavy atom. The maximum absolute atomic E-state index is 2.31. The van der Waals surface area contributed by atoms with Crippen LogP contribution in [0.15, 0.2) is 0 Å². The molecule has 0 aromatic rings. The maximum atomic E-state index is 2.31. The fraction of sp³-hybridized carbons (Fsp3) is 1.00. The van der Waals surface area contributed by atoms with Gasteiger partial charge in [-0.3, -0.25) is 0 Å². The average molecular weight is 337 g/mol. The Morgan fingerprint density at radius 2 is 0.833 bits per heavy atom. The maximum Gasteiger partial charge on any atom is -0.0414 e. The third kappa shape index (κ3) is 14.4. The van der Waals surface area contributed by atoms with Crippen molar-refractivity contribution in [3.8, 4) is 0 Å². The van der Waals surface area contributed by atoms with Crippen molar-refractivity contribution in [1.29, 1.82) is 0 Å². The lowest BCUT2D eigenvalue weighted by Crippen LogP contribution is -2.02. The van der Waals surface area contributed by atoms with E-state index < -0.39 is 0 Å². The van der Waals surface area contributed by atoms with Crippen LogP contribution in [0.2, 0.25) is 0 Å². The molecule has 0 N–H and O–H groups in total. The highest BCUT2D eigenvalue weighted by molar-refractivity contribution is 4.63. The third-order valence-corrected chi connectivity index (χ3v) is 6.19. The van der Waals surface area contributed by atoms with Gasteiger partial charge in [0, 0.05) is 0 Å². The molecule has 0 radical (unpaired) electrons. The first-order chi connectivity index (χ1) is 11.9. The quantitative estimate of drug-likeness (QED) is 0.294. The summed E-state index contributed by atoms with van der Waals surface area (Å²) >= 11 is 0. The minimum absolute atomic E-state index is 1.08. The molecule has 0 aliphatic heterocycles. The standard InChI is InChI=1S/C24H48/c1-2-3-4-5-6-7-8-9-10-12-15-18-21-24-22-19-16-13-11-14-17-20-23-24/h24H,2-23H2,1H3. The van der Waals surface area contributed by atoms with Crippen LogP contribution in [0, 0.1) is 5.92 Å². The molecule has 144 valence electrons. The zero-order chi connectivity index (χ0) is 17.1. The monoisotopic (exact) mass is 336 g/mol. The molecule has 0 nitrogen and oxygen atoms in total. The largest absolute Gasteiger partial charge is 0.0654 e. The van der Waals surface area contributed by atoms with Gasteiger partial charge < -0.3 is 0 Å². The molecule has 0 amide bonds. The SMILES string of the molecule is CCCCCCCCCCCCCCC1CCCCCCCCC1. The van der Waals surface area contributed by atoms with E-state index in [1.165, 1.54) is 141 Å². The van der Waals surface area contributed by atoms with E-state index in [4.69, 9.17) is 0 Å². The molecule has 1 saturated carbocycles. The fourth-order valence-corrected chi connectivity index (χ4v) is 4.46. The van der Waals surface area contributed by atoms with Gasteiger partial charge in [-0.25, -0.2) is 0 Å². The van der Waals surface area contributed by atoms with Crippen molar-refractivity contribution in [2.45, 2.75) is 148 Å². The molecular formula is C24H48. The highest BCUT2D eigenvalue weighted by Crippen LogP contribution is 2.26. The van der Waals surface area contributed by atoms with Gasteiger partial charge in [-0.05, 0) is 5.92 Å². The van der Waals surface area contributed by atoms with Crippen LogP contribution < -0.4 is 0 Å². The van der Waals surface area contributed by atoms with Crippen molar-refractivity contribution in [2.75, 3.05) is 0 Å². The Bertz CT molecular complexity index is 222. The zero-order valence-electron chi connectivity index (χ0n) is 17.1. The molecule has 0 spiro atoms. The molecule has 1 aliphatic rings. The van der Waals surface area contributed by atoms with Gasteiger partial charge in [0.1, 0.15) is 0 Å². The second-order valence-electron chi connectivity index (χ2n) is 8.60. The molecule has 1 fully saturated rings. The summed E-state index contributed by atoms with van der Waals surface area (Å²) in [4.78, 5) is 0. The summed E-state index contributed by atoms with van der Waals surface area (Å²) in [5, 5.41) is 0. The van der Waals surface area contributed by atoms with Crippen molar-refractivity contribution in [3.63, 3.8) is 0 Å². The lowest BCUT2D eigenvalue weighted by Gasteiger charge is -2.18. The van der Waals surface area contributed by atoms with Crippen LogP contribution in [0.5, 0.6) is 0 Å². The molecule has 1 aliphatic carbocycles. The van der Waals surface area contributed by atoms with Gasteiger partial charge in [0.15, 0.2) is 0 Å². The van der Waals surface area contributed by atoms with Crippen molar-refractivity contribution in [2.24, 2.45) is 5.92 Å². The smallest absolute Gasteiger partial charge is 0.0414 e. The van der Waals surface area contributed by atoms with Crippen molar-refractivity contribution < 1.29 is 0 Å². The average Bonchev–Trinajstić information content (AvgIpc) is 2.61. The molecule has 24 heavy (non-hydrogen) atoms. The number of hydrogen-bond donors (Lipinski definition) is 0. The molecule has 1 rings (SSSR count). The summed E-state index contributed by atoms with van der Waals surface area (Å²) in [6.45, 7) is 2.31. The number of unbranched alkanes of at least 4 members (excludes halogenated alkanes) is 11. The minimum atomic E-state index is 1.08. The first-order valence-corrected chi connectivity index (χ1v) is 11.9. The van der Waals surface area contributed by atoms with Gasteiger partial charge in [-0.15, -0.1) is 0 Å². The van der Waals surface area contributed by atoms with E-state index in [1.807, 2.05) is 0 Å². The first kappa shape index (κ1) is 22.0. The van der Waals surface area contributed by atoms with Crippen molar-refractivity contribution in [3.05, 3.63) is 0 Å². The lowest BCUT2D eigenvalue weighted by molar-refractivity contribution is 0.356. The normalized spacial score (nSPS) is 17.9. The Morgan fingerprint density at radius 1 is 0.458 bits per heavy atom. The van der Waals surface area contributed by atoms with Crippen LogP contribution >= 0.6 is 0 Å². The summed E-state index contributed by atoms with van der Waals surface area (Å²) in [5.41, 5.74) is 0. The van der Waals surface area contributed by atoms with Gasteiger partial charge in [0.05, 0.1) is 0 Å². The molecule has 0 aromatic carbocycles. The van der Waals surface area contributed by atoms with Gasteiger partial charge in [0.2, 0.25) is 0 Å². The van der Waals surface area contributed by atoms with Gasteiger partial charge >= 0.3 is 0 Å². The summed E-state index contributed by atoms with van der Waals surface area (Å²) in [7, 11) is 0. The van der Waals surface area contributed by atoms with E-state index >= 15 is 0 Å². The molecule has 0 saturated heterocycles.